The number of aromatic nitrogens is 1. The van der Waals surface area contributed by atoms with Crippen LogP contribution in [0.4, 0.5) is 5.69 Å². The number of nitrogens with one attached hydrogen (secondary N) is 1. The van der Waals surface area contributed by atoms with E-state index in [1.54, 1.807) is 7.05 Å². The molecule has 88 valence electrons. The molecule has 1 heterocycles. The van der Waals surface area contributed by atoms with E-state index in [0.717, 1.165) is 0 Å². The molecule has 1 aromatic rings. The number of carbonyl (C=O) groups excluding carboxylic acids is 1. The van der Waals surface area contributed by atoms with Gasteiger partial charge in [-0.3, -0.25) is 14.9 Å². The van der Waals surface area contributed by atoms with Crippen molar-refractivity contribution >= 4 is 11.6 Å². The lowest BCUT2D eigenvalue weighted by Gasteiger charge is -2.03. The smallest absolute Gasteiger partial charge is 0.287 e. The lowest BCUT2D eigenvalue weighted by Crippen LogP contribution is -2.26. The molecule has 0 aromatic carbocycles. The molecule has 0 aliphatic carbocycles. The van der Waals surface area contributed by atoms with Gasteiger partial charge >= 0.3 is 0 Å². The van der Waals surface area contributed by atoms with Crippen LogP contribution in [0.3, 0.4) is 0 Å². The average molecular weight is 227 g/mol. The van der Waals surface area contributed by atoms with Crippen LogP contribution in [0.1, 0.15) is 16.9 Å². The van der Waals surface area contributed by atoms with Gasteiger partial charge in [-0.05, 0) is 6.42 Å². The number of nitro groups is 1. The zero-order valence-corrected chi connectivity index (χ0v) is 8.84. The first-order valence-corrected chi connectivity index (χ1v) is 4.76. The molecule has 0 radical (unpaired) electrons. The van der Waals surface area contributed by atoms with Crippen molar-refractivity contribution < 1.29 is 14.8 Å². The van der Waals surface area contributed by atoms with E-state index in [1.807, 2.05) is 0 Å². The quantitative estimate of drug-likeness (QED) is 0.421. The fourth-order valence-corrected chi connectivity index (χ4v) is 1.24. The summed E-state index contributed by atoms with van der Waals surface area (Å²) in [5.74, 6) is -0.385. The van der Waals surface area contributed by atoms with Gasteiger partial charge in [0.15, 0.2) is 0 Å². The summed E-state index contributed by atoms with van der Waals surface area (Å²) in [6.45, 7) is 0.335. The first-order valence-electron chi connectivity index (χ1n) is 4.76. The van der Waals surface area contributed by atoms with Gasteiger partial charge in [0.2, 0.25) is 0 Å². The number of carbonyl (C=O) groups is 1. The number of aliphatic hydroxyl groups excluding tert-OH is 1. The molecule has 7 heteroatoms. The Morgan fingerprint density at radius 3 is 2.88 bits per heavy atom. The Morgan fingerprint density at radius 2 is 2.38 bits per heavy atom. The molecule has 0 atom stereocenters. The van der Waals surface area contributed by atoms with Crippen LogP contribution in [0.25, 0.3) is 0 Å². The number of nitrogens with zero attached hydrogens (tertiary/aromatic N) is 2. The van der Waals surface area contributed by atoms with E-state index in [0.29, 0.717) is 13.0 Å². The Labute approximate surface area is 91.8 Å². The third-order valence-electron chi connectivity index (χ3n) is 2.05. The molecule has 0 spiro atoms. The van der Waals surface area contributed by atoms with E-state index < -0.39 is 4.92 Å². The molecule has 1 amide bonds. The van der Waals surface area contributed by atoms with Crippen LogP contribution < -0.4 is 5.32 Å². The molecule has 0 aliphatic rings. The lowest BCUT2D eigenvalue weighted by molar-refractivity contribution is -0.384. The van der Waals surface area contributed by atoms with Gasteiger partial charge in [0.05, 0.1) is 11.1 Å². The van der Waals surface area contributed by atoms with Crippen LogP contribution in [0.5, 0.6) is 0 Å². The summed E-state index contributed by atoms with van der Waals surface area (Å²) in [6.07, 6.45) is 1.74. The third-order valence-corrected chi connectivity index (χ3v) is 2.05. The Balaban J connectivity index is 2.71. The van der Waals surface area contributed by atoms with E-state index in [4.69, 9.17) is 5.11 Å². The highest BCUT2D eigenvalue weighted by atomic mass is 16.6. The number of amides is 1. The first-order chi connectivity index (χ1) is 7.56. The van der Waals surface area contributed by atoms with Gasteiger partial charge < -0.3 is 15.0 Å². The molecule has 7 nitrogen and oxygen atoms in total. The predicted molar refractivity (Wildman–Crippen MR) is 56.1 cm³/mol. The van der Waals surface area contributed by atoms with E-state index in [2.05, 4.69) is 5.32 Å². The fraction of sp³-hybridized carbons (Fsp3) is 0.444. The minimum absolute atomic E-state index is 0.00638. The van der Waals surface area contributed by atoms with Gasteiger partial charge in [-0.25, -0.2) is 0 Å². The summed E-state index contributed by atoms with van der Waals surface area (Å²) in [5.41, 5.74) is 0.111. The van der Waals surface area contributed by atoms with Gasteiger partial charge in [-0.15, -0.1) is 0 Å². The van der Waals surface area contributed by atoms with Crippen molar-refractivity contribution in [2.24, 2.45) is 7.05 Å². The van der Waals surface area contributed by atoms with Crippen molar-refractivity contribution in [2.75, 3.05) is 13.2 Å². The zero-order valence-electron chi connectivity index (χ0n) is 8.84. The zero-order chi connectivity index (χ0) is 12.1. The van der Waals surface area contributed by atoms with E-state index >= 15 is 0 Å². The van der Waals surface area contributed by atoms with E-state index in [-0.39, 0.29) is 23.9 Å². The molecule has 0 unspecified atom stereocenters. The summed E-state index contributed by atoms with van der Waals surface area (Å²) in [7, 11) is 1.56. The molecule has 16 heavy (non-hydrogen) atoms. The molecule has 1 rings (SSSR count). The van der Waals surface area contributed by atoms with Gasteiger partial charge in [0, 0.05) is 26.3 Å². The SMILES string of the molecule is Cn1cc([N+](=O)[O-])cc1C(=O)NCCCO. The summed E-state index contributed by atoms with van der Waals surface area (Å²) < 4.78 is 1.40. The Hall–Kier alpha value is -1.89. The normalized spacial score (nSPS) is 10.1. The highest BCUT2D eigenvalue weighted by Gasteiger charge is 2.16. The topological polar surface area (TPSA) is 97.4 Å². The maximum atomic E-state index is 11.5. The van der Waals surface area contributed by atoms with Gasteiger partial charge in [0.1, 0.15) is 5.69 Å². The number of hydrogen-bond acceptors (Lipinski definition) is 4. The standard InChI is InChI=1S/C9H13N3O4/c1-11-6-7(12(15)16)5-8(11)9(14)10-3-2-4-13/h5-6,13H,2-4H2,1H3,(H,10,14). The van der Waals surface area contributed by atoms with Gasteiger partial charge in [0.25, 0.3) is 11.6 Å². The minimum Gasteiger partial charge on any atom is -0.396 e. The van der Waals surface area contributed by atoms with Crippen molar-refractivity contribution in [3.05, 3.63) is 28.1 Å². The number of aliphatic hydroxyl groups is 1. The van der Waals surface area contributed by atoms with Crippen molar-refractivity contribution in [3.8, 4) is 0 Å². The Kier molecular flexibility index (Phi) is 4.01. The molecule has 2 N–H and O–H groups in total. The summed E-state index contributed by atoms with van der Waals surface area (Å²) >= 11 is 0. The minimum atomic E-state index is -0.551. The molecule has 1 aromatic heterocycles. The van der Waals surface area contributed by atoms with Crippen molar-refractivity contribution in [2.45, 2.75) is 6.42 Å². The summed E-state index contributed by atoms with van der Waals surface area (Å²) in [4.78, 5) is 21.5. The Bertz CT molecular complexity index is 399. The van der Waals surface area contributed by atoms with Crippen molar-refractivity contribution in [3.63, 3.8) is 0 Å². The lowest BCUT2D eigenvalue weighted by atomic mass is 10.3. The highest BCUT2D eigenvalue weighted by Crippen LogP contribution is 2.14. The number of rotatable bonds is 5. The molecule has 0 aliphatic heterocycles. The molecule has 0 bridgehead atoms. The Morgan fingerprint density at radius 1 is 1.69 bits per heavy atom. The average Bonchev–Trinajstić information content (AvgIpc) is 2.61. The van der Waals surface area contributed by atoms with Crippen LogP contribution in [0, 0.1) is 10.1 Å². The van der Waals surface area contributed by atoms with Crippen LogP contribution in [-0.4, -0.2) is 33.7 Å². The molecule has 0 saturated carbocycles. The van der Waals surface area contributed by atoms with Crippen LogP contribution in [-0.2, 0) is 7.05 Å². The maximum Gasteiger partial charge on any atom is 0.287 e. The summed E-state index contributed by atoms with van der Waals surface area (Å²) in [6, 6.07) is 1.22. The maximum absolute atomic E-state index is 11.5. The van der Waals surface area contributed by atoms with Crippen molar-refractivity contribution in [1.29, 1.82) is 0 Å². The van der Waals surface area contributed by atoms with E-state index in [1.165, 1.54) is 16.8 Å². The van der Waals surface area contributed by atoms with Gasteiger partial charge in [-0.1, -0.05) is 0 Å². The number of aryl methyl sites for hydroxylation is 1. The summed E-state index contributed by atoms with van der Waals surface area (Å²) in [5, 5.41) is 21.6. The molecular weight excluding hydrogens is 214 g/mol. The van der Waals surface area contributed by atoms with Crippen LogP contribution in [0.2, 0.25) is 0 Å². The van der Waals surface area contributed by atoms with Crippen molar-refractivity contribution in [1.82, 2.24) is 9.88 Å². The van der Waals surface area contributed by atoms with E-state index in [9.17, 15) is 14.9 Å². The largest absolute Gasteiger partial charge is 0.396 e. The second-order valence-electron chi connectivity index (χ2n) is 3.28. The second-order valence-corrected chi connectivity index (χ2v) is 3.28. The predicted octanol–water partition coefficient (Wildman–Crippen LogP) is 0.0455. The molecule has 0 saturated heterocycles. The van der Waals surface area contributed by atoms with Crippen LogP contribution in [0.15, 0.2) is 12.3 Å². The second kappa shape index (κ2) is 5.26. The molecule has 0 fully saturated rings. The molecular formula is C9H13N3O4. The van der Waals surface area contributed by atoms with Crippen LogP contribution >= 0.6 is 0 Å². The fourth-order valence-electron chi connectivity index (χ4n) is 1.24. The third kappa shape index (κ3) is 2.80. The number of hydrogen-bond donors (Lipinski definition) is 2. The first kappa shape index (κ1) is 12.2. The highest BCUT2D eigenvalue weighted by molar-refractivity contribution is 5.93. The van der Waals surface area contributed by atoms with Gasteiger partial charge in [-0.2, -0.15) is 0 Å². The monoisotopic (exact) mass is 227 g/mol.